The highest BCUT2D eigenvalue weighted by atomic mass is 35.5. The van der Waals surface area contributed by atoms with Crippen LogP contribution in [0.25, 0.3) is 11.1 Å². The first-order valence-corrected chi connectivity index (χ1v) is 7.06. The fraction of sp³-hybridized carbons (Fsp3) is 0.267. The number of hydrogen-bond acceptors (Lipinski definition) is 2. The first-order chi connectivity index (χ1) is 9.20. The van der Waals surface area contributed by atoms with Crippen molar-refractivity contribution in [2.75, 3.05) is 6.54 Å². The summed E-state index contributed by atoms with van der Waals surface area (Å²) in [5.41, 5.74) is 3.05. The Morgan fingerprint density at radius 1 is 1.16 bits per heavy atom. The normalized spacial score (nSPS) is 10.7. The van der Waals surface area contributed by atoms with Gasteiger partial charge in [-0.25, -0.2) is 0 Å². The van der Waals surface area contributed by atoms with E-state index in [0.29, 0.717) is 10.0 Å². The molecule has 100 valence electrons. The van der Waals surface area contributed by atoms with Crippen LogP contribution in [0.1, 0.15) is 18.9 Å². The van der Waals surface area contributed by atoms with E-state index in [-0.39, 0.29) is 0 Å². The standard InChI is InChI=1S/C15H16Cl2N2/c1-2-5-18-8-11-6-12(10-19-9-11)14-7-13(16)3-4-15(14)17/h3-4,6-7,9-10,18H,2,5,8H2,1H3. The second-order valence-electron chi connectivity index (χ2n) is 4.38. The summed E-state index contributed by atoms with van der Waals surface area (Å²) < 4.78 is 0. The lowest BCUT2D eigenvalue weighted by Gasteiger charge is -2.08. The molecule has 2 rings (SSSR count). The third kappa shape index (κ3) is 3.93. The van der Waals surface area contributed by atoms with E-state index in [1.165, 1.54) is 0 Å². The lowest BCUT2D eigenvalue weighted by atomic mass is 10.1. The number of halogens is 2. The molecule has 0 radical (unpaired) electrons. The first-order valence-electron chi connectivity index (χ1n) is 6.30. The number of aromatic nitrogens is 1. The molecule has 2 nitrogen and oxygen atoms in total. The molecule has 19 heavy (non-hydrogen) atoms. The Hall–Kier alpha value is -1.09. The van der Waals surface area contributed by atoms with Crippen molar-refractivity contribution >= 4 is 23.2 Å². The average molecular weight is 295 g/mol. The van der Waals surface area contributed by atoms with E-state index in [1.807, 2.05) is 12.3 Å². The van der Waals surface area contributed by atoms with Gasteiger partial charge in [-0.1, -0.05) is 30.1 Å². The van der Waals surface area contributed by atoms with Gasteiger partial charge in [-0.3, -0.25) is 4.98 Å². The smallest absolute Gasteiger partial charge is 0.0486 e. The molecule has 0 aliphatic carbocycles. The molecule has 4 heteroatoms. The van der Waals surface area contributed by atoms with Gasteiger partial charge in [0.25, 0.3) is 0 Å². The average Bonchev–Trinajstić information content (AvgIpc) is 2.42. The summed E-state index contributed by atoms with van der Waals surface area (Å²) in [7, 11) is 0. The van der Waals surface area contributed by atoms with Crippen LogP contribution in [0.3, 0.4) is 0 Å². The molecule has 1 N–H and O–H groups in total. The van der Waals surface area contributed by atoms with Gasteiger partial charge in [0, 0.05) is 40.1 Å². The van der Waals surface area contributed by atoms with Crippen molar-refractivity contribution in [2.45, 2.75) is 19.9 Å². The van der Waals surface area contributed by atoms with Crippen molar-refractivity contribution in [1.82, 2.24) is 10.3 Å². The van der Waals surface area contributed by atoms with Crippen LogP contribution in [0.4, 0.5) is 0 Å². The van der Waals surface area contributed by atoms with E-state index in [2.05, 4.69) is 23.3 Å². The predicted molar refractivity (Wildman–Crippen MR) is 81.7 cm³/mol. The second-order valence-corrected chi connectivity index (χ2v) is 5.23. The van der Waals surface area contributed by atoms with Crippen LogP contribution in [0.2, 0.25) is 10.0 Å². The molecule has 0 atom stereocenters. The summed E-state index contributed by atoms with van der Waals surface area (Å²) in [5, 5.41) is 4.72. The first kappa shape index (κ1) is 14.3. The molecule has 0 aliphatic heterocycles. The summed E-state index contributed by atoms with van der Waals surface area (Å²) in [5.74, 6) is 0. The highest BCUT2D eigenvalue weighted by molar-refractivity contribution is 6.35. The molecule has 1 aromatic carbocycles. The van der Waals surface area contributed by atoms with Crippen LogP contribution in [-0.4, -0.2) is 11.5 Å². The monoisotopic (exact) mass is 294 g/mol. The van der Waals surface area contributed by atoms with Gasteiger partial charge in [0.15, 0.2) is 0 Å². The molecule has 0 fully saturated rings. The van der Waals surface area contributed by atoms with Gasteiger partial charge in [0.05, 0.1) is 0 Å². The van der Waals surface area contributed by atoms with Crippen molar-refractivity contribution in [3.8, 4) is 11.1 Å². The number of pyridine rings is 1. The molecule has 0 saturated carbocycles. The maximum absolute atomic E-state index is 6.21. The minimum atomic E-state index is 0.675. The van der Waals surface area contributed by atoms with Gasteiger partial charge in [-0.05, 0) is 42.8 Å². The number of rotatable bonds is 5. The number of nitrogens with one attached hydrogen (secondary N) is 1. The third-order valence-corrected chi connectivity index (χ3v) is 3.35. The molecule has 1 aromatic heterocycles. The van der Waals surface area contributed by atoms with Gasteiger partial charge >= 0.3 is 0 Å². The van der Waals surface area contributed by atoms with Gasteiger partial charge < -0.3 is 5.32 Å². The van der Waals surface area contributed by atoms with Crippen molar-refractivity contribution in [3.05, 3.63) is 52.3 Å². The molecule has 0 amide bonds. The van der Waals surface area contributed by atoms with Crippen LogP contribution in [0.15, 0.2) is 36.7 Å². The van der Waals surface area contributed by atoms with Crippen LogP contribution in [0, 0.1) is 0 Å². The second kappa shape index (κ2) is 6.90. The maximum Gasteiger partial charge on any atom is 0.0486 e. The quantitative estimate of drug-likeness (QED) is 0.818. The Bertz CT molecular complexity index is 556. The zero-order chi connectivity index (χ0) is 13.7. The largest absolute Gasteiger partial charge is 0.313 e. The van der Waals surface area contributed by atoms with Crippen LogP contribution in [-0.2, 0) is 6.54 Å². The van der Waals surface area contributed by atoms with Crippen LogP contribution >= 0.6 is 23.2 Å². The van der Waals surface area contributed by atoms with Gasteiger partial charge in [0.2, 0.25) is 0 Å². The van der Waals surface area contributed by atoms with Gasteiger partial charge in [0.1, 0.15) is 0 Å². The highest BCUT2D eigenvalue weighted by Gasteiger charge is 2.06. The summed E-state index contributed by atoms with van der Waals surface area (Å²) in [4.78, 5) is 4.27. The topological polar surface area (TPSA) is 24.9 Å². The Kier molecular flexibility index (Phi) is 5.20. The Morgan fingerprint density at radius 3 is 2.79 bits per heavy atom. The lowest BCUT2D eigenvalue weighted by Crippen LogP contribution is -2.13. The van der Waals surface area contributed by atoms with Gasteiger partial charge in [-0.15, -0.1) is 0 Å². The van der Waals surface area contributed by atoms with E-state index in [9.17, 15) is 0 Å². The minimum absolute atomic E-state index is 0.675. The SMILES string of the molecule is CCCNCc1cncc(-c2cc(Cl)ccc2Cl)c1. The minimum Gasteiger partial charge on any atom is -0.313 e. The van der Waals surface area contributed by atoms with E-state index in [1.54, 1.807) is 18.3 Å². The maximum atomic E-state index is 6.21. The Balaban J connectivity index is 2.24. The lowest BCUT2D eigenvalue weighted by molar-refractivity contribution is 0.674. The summed E-state index contributed by atoms with van der Waals surface area (Å²) in [6.45, 7) is 3.96. The van der Waals surface area contributed by atoms with Crippen molar-refractivity contribution < 1.29 is 0 Å². The zero-order valence-corrected chi connectivity index (χ0v) is 12.3. The fourth-order valence-corrected chi connectivity index (χ4v) is 2.26. The van der Waals surface area contributed by atoms with Gasteiger partial charge in [-0.2, -0.15) is 0 Å². The number of benzene rings is 1. The van der Waals surface area contributed by atoms with E-state index < -0.39 is 0 Å². The predicted octanol–water partition coefficient (Wildman–Crippen LogP) is 4.56. The Labute approximate surface area is 123 Å². The summed E-state index contributed by atoms with van der Waals surface area (Å²) in [6.07, 6.45) is 4.79. The molecule has 0 spiro atoms. The van der Waals surface area contributed by atoms with Crippen molar-refractivity contribution in [1.29, 1.82) is 0 Å². The third-order valence-electron chi connectivity index (χ3n) is 2.79. The molecular formula is C15H16Cl2N2. The molecule has 0 bridgehead atoms. The van der Waals surface area contributed by atoms with Crippen LogP contribution in [0.5, 0.6) is 0 Å². The van der Waals surface area contributed by atoms with E-state index in [4.69, 9.17) is 23.2 Å². The summed E-state index contributed by atoms with van der Waals surface area (Å²) in [6, 6.07) is 7.55. The number of hydrogen-bond donors (Lipinski definition) is 1. The molecular weight excluding hydrogens is 279 g/mol. The molecule has 2 aromatic rings. The molecule has 0 saturated heterocycles. The molecule has 0 aliphatic rings. The summed E-state index contributed by atoms with van der Waals surface area (Å²) >= 11 is 12.2. The highest BCUT2D eigenvalue weighted by Crippen LogP contribution is 2.30. The van der Waals surface area contributed by atoms with Crippen molar-refractivity contribution in [2.24, 2.45) is 0 Å². The number of nitrogens with zero attached hydrogens (tertiary/aromatic N) is 1. The molecule has 0 unspecified atom stereocenters. The van der Waals surface area contributed by atoms with Crippen LogP contribution < -0.4 is 5.32 Å². The van der Waals surface area contributed by atoms with E-state index in [0.717, 1.165) is 36.2 Å². The Morgan fingerprint density at radius 2 is 2.00 bits per heavy atom. The van der Waals surface area contributed by atoms with Crippen molar-refractivity contribution in [3.63, 3.8) is 0 Å². The zero-order valence-electron chi connectivity index (χ0n) is 10.8. The molecule has 1 heterocycles. The fourth-order valence-electron chi connectivity index (χ4n) is 1.86. The van der Waals surface area contributed by atoms with E-state index >= 15 is 0 Å².